The van der Waals surface area contributed by atoms with Crippen molar-refractivity contribution in [2.75, 3.05) is 161 Å². The molecule has 0 atom stereocenters. The monoisotopic (exact) mass is 1320 g/mol. The number of anilines is 12. The summed E-state index contributed by atoms with van der Waals surface area (Å²) in [4.78, 5) is 66.4. The minimum absolute atomic E-state index is 0. The molecule has 4 aliphatic heterocycles. The van der Waals surface area contributed by atoms with Crippen molar-refractivity contribution < 1.29 is 63.2 Å². The Kier molecular flexibility index (Phi) is 28.7. The zero-order valence-corrected chi connectivity index (χ0v) is 59.1. The van der Waals surface area contributed by atoms with Crippen LogP contribution in [0.25, 0.3) is 0 Å². The summed E-state index contributed by atoms with van der Waals surface area (Å²) in [5.41, 5.74) is 15.0. The Morgan fingerprint density at radius 2 is 1.00 bits per heavy atom. The number of piperazine rings is 2. The third kappa shape index (κ3) is 21.9. The van der Waals surface area contributed by atoms with Gasteiger partial charge in [-0.05, 0) is 165 Å². The quantitative estimate of drug-likeness (QED) is 0.00899. The molecule has 4 fully saturated rings. The van der Waals surface area contributed by atoms with Crippen LogP contribution in [0.15, 0.2) is 123 Å². The molecule has 92 heavy (non-hydrogen) atoms. The molecule has 0 aliphatic carbocycles. The smallest absolute Gasteiger partial charge is 0.662 e. The number of nitrogen functional groups attached to an aromatic ring is 1. The summed E-state index contributed by atoms with van der Waals surface area (Å²) < 4.78 is 25.7. The molecule has 4 saturated heterocycles. The maximum absolute atomic E-state index is 12.9. The fourth-order valence-corrected chi connectivity index (χ4v) is 13.6. The van der Waals surface area contributed by atoms with Crippen LogP contribution < -0.4 is 87.5 Å². The summed E-state index contributed by atoms with van der Waals surface area (Å²) in [5.74, 6) is 1.91. The molecule has 4 aliphatic rings. The predicted octanol–water partition coefficient (Wildman–Crippen LogP) is 5.56. The first kappa shape index (κ1) is 74.3. The Bertz CT molecular complexity index is 3550. The van der Waals surface area contributed by atoms with E-state index in [0.717, 1.165) is 146 Å². The van der Waals surface area contributed by atoms with Crippen molar-refractivity contribution in [2.24, 2.45) is 0 Å². The van der Waals surface area contributed by atoms with Crippen molar-refractivity contribution >= 4 is 123 Å². The summed E-state index contributed by atoms with van der Waals surface area (Å²) in [6.45, 7) is 30.6. The van der Waals surface area contributed by atoms with Crippen LogP contribution in [0, 0.1) is 13.8 Å². The Morgan fingerprint density at radius 3 is 1.38 bits per heavy atom. The summed E-state index contributed by atoms with van der Waals surface area (Å²) >= 11 is 4.71. The van der Waals surface area contributed by atoms with Crippen molar-refractivity contribution in [3.05, 3.63) is 134 Å². The first-order valence-electron chi connectivity index (χ1n) is 30.4. The molecular weight excluding hydrogens is 1240 g/mol. The topological polar surface area (TPSA) is 275 Å². The van der Waals surface area contributed by atoms with E-state index in [-0.39, 0.29) is 41.9 Å². The van der Waals surface area contributed by atoms with Crippen LogP contribution in [-0.4, -0.2) is 189 Å². The number of hydrogen-bond donors (Lipinski definition) is 6. The van der Waals surface area contributed by atoms with Gasteiger partial charge >= 0.3 is 29.6 Å². The van der Waals surface area contributed by atoms with Crippen LogP contribution in [0.5, 0.6) is 0 Å². The molecule has 0 saturated carbocycles. The van der Waals surface area contributed by atoms with Gasteiger partial charge in [-0.3, -0.25) is 24.2 Å². The number of aromatic nitrogens is 4. The molecule has 6 heterocycles. The fourth-order valence-electron chi connectivity index (χ4n) is 11.3. The van der Waals surface area contributed by atoms with Gasteiger partial charge in [0.25, 0.3) is 6.47 Å². The van der Waals surface area contributed by atoms with Gasteiger partial charge in [0.2, 0.25) is 23.0 Å². The number of likely N-dealkylation sites (N-methyl/N-ethyl adjacent to an activating group) is 2. The molecule has 0 unspecified atom stereocenters. The third-order valence-electron chi connectivity index (χ3n) is 16.3. The number of aryl methyl sites for hydroxylation is 2. The number of para-hydroxylation sites is 2. The predicted molar refractivity (Wildman–Crippen MR) is 371 cm³/mol. The maximum atomic E-state index is 12.9. The normalized spacial score (nSPS) is 16.1. The van der Waals surface area contributed by atoms with Gasteiger partial charge in [-0.1, -0.05) is 37.4 Å². The van der Waals surface area contributed by atoms with E-state index in [4.69, 9.17) is 37.4 Å². The molecule has 23 nitrogen and oxygen atoms in total. The molecule has 6 aromatic rings. The average Bonchev–Trinajstić information content (AvgIpc) is 0.884. The Morgan fingerprint density at radius 1 is 0.609 bits per heavy atom. The zero-order chi connectivity index (χ0) is 65.8. The van der Waals surface area contributed by atoms with Gasteiger partial charge < -0.3 is 71.2 Å². The minimum atomic E-state index is -2.50. The molecule has 4 aromatic carbocycles. The first-order valence-corrected chi connectivity index (χ1v) is 36.0. The number of allylic oxidation sites excluding steroid dienone is 1. The van der Waals surface area contributed by atoms with E-state index in [0.29, 0.717) is 41.3 Å². The second-order valence-electron chi connectivity index (χ2n) is 23.7. The van der Waals surface area contributed by atoms with Gasteiger partial charge in [0.05, 0.1) is 34.1 Å². The number of rotatable bonds is 18. The molecule has 0 spiro atoms. The summed E-state index contributed by atoms with van der Waals surface area (Å²) in [7, 11) is -0.550. The van der Waals surface area contributed by atoms with E-state index < -0.39 is 19.5 Å². The average molecular weight is 1330 g/mol. The number of carbonyl (C=O) groups is 3. The number of nitrogens with two attached hydrogens (primary N) is 1. The number of hydrogen-bond acceptors (Lipinski definition) is 22. The number of halogens is 1. The van der Waals surface area contributed by atoms with E-state index in [1.54, 1.807) is 39.1 Å². The molecule has 0 bridgehead atoms. The van der Waals surface area contributed by atoms with Crippen LogP contribution >= 0.6 is 25.9 Å². The molecule has 1 amide bonds. The number of carbonyl (C=O) groups excluding carboxylic acids is 3. The summed E-state index contributed by atoms with van der Waals surface area (Å²) in [6.07, 6.45) is 10.4. The van der Waals surface area contributed by atoms with E-state index in [9.17, 15) is 18.7 Å². The van der Waals surface area contributed by atoms with E-state index in [1.165, 1.54) is 32.0 Å². The largest absolute Gasteiger partial charge is 1.00 e. The van der Waals surface area contributed by atoms with E-state index in [1.807, 2.05) is 92.7 Å². The summed E-state index contributed by atoms with van der Waals surface area (Å²) in [5, 5.41) is 25.8. The molecule has 0 radical (unpaired) electrons. The number of piperidine rings is 2. The first-order chi connectivity index (χ1) is 43.5. The van der Waals surface area contributed by atoms with Crippen LogP contribution in [0.2, 0.25) is 0 Å². The second kappa shape index (κ2) is 35.5. The standard InChI is InChI=1S/C32H43N8O2P.C29H41N8OP.C3H3ClO.CH2O3.Na/c1-6-30(41)35-27-21-24(11-12-28(27)40-15-13-25(14-16-40)39-19-17-38(3)18-20-39)34-32-33-22-23(2)31(37-32)36-26-9-7-8-10-29(26)43(4,5)42;1-21-20-31-29(34-28(21)33-25-7-5-6-8-27(25)39(3,4)38)32-22-9-10-26(24(30)19-22)37-13-11-23(12-14-37)36-17-15-35(2)16-18-36;1-2-3(4)5;2-1-4-3;/h6-12,21-22,25H,1,13-20H2,2-5H3,(H,35,41)(H2,33,34,36,37);5-10,19-20,23H,11-18,30H2,1-4H3,(H2,31,32,33,34);2H,1H2;1,3H;/q;;;;+1/p-1. The molecular formula is C65H88ClN16NaO7P2. The number of benzene rings is 4. The van der Waals surface area contributed by atoms with E-state index >= 15 is 0 Å². The molecule has 2 aromatic heterocycles. The molecule has 27 heteroatoms. The van der Waals surface area contributed by atoms with Crippen molar-refractivity contribution in [1.29, 1.82) is 0 Å². The van der Waals surface area contributed by atoms with Crippen LogP contribution in [-0.2, 0) is 28.4 Å². The van der Waals surface area contributed by atoms with E-state index in [2.05, 4.69) is 104 Å². The number of amides is 1. The fraction of sp³-hybridized carbons (Fsp3) is 0.400. The third-order valence-corrected chi connectivity index (χ3v) is 19.6. The van der Waals surface area contributed by atoms with Crippen molar-refractivity contribution in [2.45, 2.75) is 51.6 Å². The van der Waals surface area contributed by atoms with Crippen molar-refractivity contribution in [1.82, 2.24) is 39.5 Å². The number of nitrogens with zero attached hydrogens (tertiary/aromatic N) is 10. The van der Waals surface area contributed by atoms with Crippen molar-refractivity contribution in [3.63, 3.8) is 0 Å². The van der Waals surface area contributed by atoms with Gasteiger partial charge in [-0.15, -0.1) is 0 Å². The SMILES string of the molecule is C=CC(=O)Cl.C=CC(=O)Nc1cc(Nc2ncc(C)c(Nc3ccccc3P(C)(C)=O)n2)ccc1N1CCC(N2CCN(C)CC2)CC1.Cc1cnc(Nc2ccc(N3CCC(N4CCN(C)CC4)CC3)c(N)c2)nc1Nc1ccccc1P(C)(C)=O.O=CO[O-].[Na+]. The van der Waals surface area contributed by atoms with Crippen LogP contribution in [0.1, 0.15) is 36.8 Å². The van der Waals surface area contributed by atoms with Gasteiger partial charge in [0.1, 0.15) is 25.9 Å². The Hall–Kier alpha value is -6.72. The number of nitrogens with one attached hydrogen (secondary N) is 5. The van der Waals surface area contributed by atoms with Gasteiger partial charge in [-0.25, -0.2) is 9.97 Å². The van der Waals surface area contributed by atoms with Gasteiger partial charge in [0.15, 0.2) is 0 Å². The maximum Gasteiger partial charge on any atom is 1.00 e. The molecule has 10 rings (SSSR count). The molecule has 488 valence electrons. The minimum Gasteiger partial charge on any atom is -0.662 e. The zero-order valence-electron chi connectivity index (χ0n) is 54.5. The van der Waals surface area contributed by atoms with Gasteiger partial charge in [0, 0.05) is 136 Å². The Balaban J connectivity index is 0.000000256. The second-order valence-corrected chi connectivity index (χ2v) is 30.4. The van der Waals surface area contributed by atoms with Crippen LogP contribution in [0.3, 0.4) is 0 Å². The van der Waals surface area contributed by atoms with Gasteiger partial charge in [-0.2, -0.15) is 9.97 Å². The van der Waals surface area contributed by atoms with Crippen molar-refractivity contribution in [3.8, 4) is 0 Å². The summed E-state index contributed by atoms with van der Waals surface area (Å²) in [6, 6.07) is 28.6. The Labute approximate surface area is 569 Å². The van der Waals surface area contributed by atoms with Crippen LogP contribution in [0.4, 0.5) is 69.0 Å². The molecule has 7 N–H and O–H groups in total.